The second-order valence-electron chi connectivity index (χ2n) is 8.44. The summed E-state index contributed by atoms with van der Waals surface area (Å²) in [6.07, 6.45) is 0. The molecule has 1 atom stereocenters. The van der Waals surface area contributed by atoms with Gasteiger partial charge in [-0.15, -0.1) is 10.2 Å². The van der Waals surface area contributed by atoms with Crippen molar-refractivity contribution >= 4 is 23.4 Å². The number of aromatic nitrogens is 3. The van der Waals surface area contributed by atoms with Crippen molar-refractivity contribution in [2.24, 2.45) is 0 Å². The highest BCUT2D eigenvalue weighted by Crippen LogP contribution is 2.29. The molecule has 0 radical (unpaired) electrons. The summed E-state index contributed by atoms with van der Waals surface area (Å²) < 4.78 is 2.06. The highest BCUT2D eigenvalue weighted by Gasteiger charge is 2.21. The number of rotatable bonds is 6. The third-order valence-corrected chi connectivity index (χ3v) is 6.18. The molecule has 0 aliphatic carbocycles. The average Bonchev–Trinajstić information content (AvgIpc) is 3.11. The van der Waals surface area contributed by atoms with Crippen LogP contribution < -0.4 is 5.32 Å². The molecule has 0 aliphatic heterocycles. The number of para-hydroxylation sites is 1. The lowest BCUT2D eigenvalue weighted by atomic mass is 9.87. The fourth-order valence-corrected chi connectivity index (χ4v) is 4.07. The number of thioether (sulfide) groups is 1. The zero-order valence-electron chi connectivity index (χ0n) is 18.6. The van der Waals surface area contributed by atoms with Crippen molar-refractivity contribution in [3.8, 4) is 11.4 Å². The molecule has 1 amide bonds. The number of anilines is 1. The van der Waals surface area contributed by atoms with E-state index in [4.69, 9.17) is 0 Å². The van der Waals surface area contributed by atoms with Gasteiger partial charge in [-0.2, -0.15) is 0 Å². The van der Waals surface area contributed by atoms with Crippen molar-refractivity contribution in [3.63, 3.8) is 0 Å². The van der Waals surface area contributed by atoms with Crippen LogP contribution in [0.4, 0.5) is 5.69 Å². The van der Waals surface area contributed by atoms with Gasteiger partial charge in [-0.25, -0.2) is 0 Å². The van der Waals surface area contributed by atoms with Crippen LogP contribution in [0.3, 0.4) is 0 Å². The van der Waals surface area contributed by atoms with Crippen LogP contribution in [0.1, 0.15) is 45.7 Å². The van der Waals surface area contributed by atoms with Crippen LogP contribution in [0.25, 0.3) is 11.4 Å². The summed E-state index contributed by atoms with van der Waals surface area (Å²) in [5.74, 6) is 0.781. The molecule has 2 aromatic carbocycles. The van der Waals surface area contributed by atoms with E-state index < -0.39 is 0 Å². The van der Waals surface area contributed by atoms with E-state index in [-0.39, 0.29) is 16.6 Å². The van der Waals surface area contributed by atoms with Gasteiger partial charge in [0.1, 0.15) is 0 Å². The Morgan fingerprint density at radius 1 is 1.10 bits per heavy atom. The van der Waals surface area contributed by atoms with Crippen LogP contribution >= 0.6 is 11.8 Å². The van der Waals surface area contributed by atoms with E-state index in [2.05, 4.69) is 72.0 Å². The predicted molar refractivity (Wildman–Crippen MR) is 125 cm³/mol. The first-order valence-electron chi connectivity index (χ1n) is 10.3. The minimum atomic E-state index is -0.296. The first-order chi connectivity index (χ1) is 14.2. The van der Waals surface area contributed by atoms with Gasteiger partial charge in [0, 0.05) is 17.8 Å². The zero-order chi connectivity index (χ0) is 21.9. The minimum Gasteiger partial charge on any atom is -0.325 e. The van der Waals surface area contributed by atoms with Crippen molar-refractivity contribution < 1.29 is 4.79 Å². The van der Waals surface area contributed by atoms with Gasteiger partial charge in [0.05, 0.1) is 5.25 Å². The molecule has 1 aromatic heterocycles. The molecule has 1 heterocycles. The molecular weight excluding hydrogens is 392 g/mol. The lowest BCUT2D eigenvalue weighted by molar-refractivity contribution is -0.115. The molecule has 1 N–H and O–H groups in total. The maximum absolute atomic E-state index is 12.7. The number of hydrogen-bond donors (Lipinski definition) is 1. The monoisotopic (exact) mass is 422 g/mol. The molecule has 5 nitrogen and oxygen atoms in total. The number of aryl methyl sites for hydroxylation is 1. The maximum Gasteiger partial charge on any atom is 0.237 e. The van der Waals surface area contributed by atoms with Crippen LogP contribution in [0.2, 0.25) is 0 Å². The second kappa shape index (κ2) is 9.04. The SMILES string of the molecule is CCn1c(SC(C)C(=O)Nc2ccccc2C)nnc1-c1ccc(C(C)(C)C)cc1. The summed E-state index contributed by atoms with van der Waals surface area (Å²) in [6.45, 7) is 13.3. The molecule has 0 bridgehead atoms. The van der Waals surface area contributed by atoms with E-state index in [0.717, 1.165) is 34.3 Å². The Labute approximate surface area is 183 Å². The van der Waals surface area contributed by atoms with Gasteiger partial charge in [0.25, 0.3) is 0 Å². The fourth-order valence-electron chi connectivity index (χ4n) is 3.15. The second-order valence-corrected chi connectivity index (χ2v) is 9.75. The maximum atomic E-state index is 12.7. The predicted octanol–water partition coefficient (Wildman–Crippen LogP) is 5.69. The smallest absolute Gasteiger partial charge is 0.237 e. The Hall–Kier alpha value is -2.60. The molecule has 3 aromatic rings. The van der Waals surface area contributed by atoms with E-state index in [0.29, 0.717) is 0 Å². The average molecular weight is 423 g/mol. The number of benzene rings is 2. The van der Waals surface area contributed by atoms with Crippen molar-refractivity contribution in [3.05, 3.63) is 59.7 Å². The van der Waals surface area contributed by atoms with E-state index in [9.17, 15) is 4.79 Å². The highest BCUT2D eigenvalue weighted by molar-refractivity contribution is 8.00. The van der Waals surface area contributed by atoms with E-state index >= 15 is 0 Å². The molecule has 0 fully saturated rings. The number of nitrogens with zero attached hydrogens (tertiary/aromatic N) is 3. The standard InChI is InChI=1S/C24H30N4OS/c1-7-28-21(18-12-14-19(15-13-18)24(4,5)6)26-27-23(28)30-17(3)22(29)25-20-11-9-8-10-16(20)2/h8-15,17H,7H2,1-6H3,(H,25,29). The molecule has 0 aliphatic rings. The first kappa shape index (κ1) is 22.1. The third-order valence-electron chi connectivity index (χ3n) is 5.10. The van der Waals surface area contributed by atoms with Gasteiger partial charge in [0.15, 0.2) is 11.0 Å². The molecule has 0 saturated heterocycles. The van der Waals surface area contributed by atoms with Crippen LogP contribution in [0, 0.1) is 6.92 Å². The Morgan fingerprint density at radius 2 is 1.77 bits per heavy atom. The molecule has 0 spiro atoms. The van der Waals surface area contributed by atoms with Gasteiger partial charge in [-0.05, 0) is 43.4 Å². The van der Waals surface area contributed by atoms with Crippen LogP contribution in [0.15, 0.2) is 53.7 Å². The molecule has 30 heavy (non-hydrogen) atoms. The first-order valence-corrected chi connectivity index (χ1v) is 11.2. The van der Waals surface area contributed by atoms with Gasteiger partial charge in [-0.3, -0.25) is 4.79 Å². The largest absolute Gasteiger partial charge is 0.325 e. The van der Waals surface area contributed by atoms with Crippen molar-refractivity contribution in [1.82, 2.24) is 14.8 Å². The molecule has 3 rings (SSSR count). The van der Waals surface area contributed by atoms with Crippen LogP contribution in [0.5, 0.6) is 0 Å². The molecule has 1 unspecified atom stereocenters. The van der Waals surface area contributed by atoms with Gasteiger partial charge in [-0.1, -0.05) is 75.0 Å². The summed E-state index contributed by atoms with van der Waals surface area (Å²) in [7, 11) is 0. The molecule has 158 valence electrons. The number of carbonyl (C=O) groups excluding carboxylic acids is 1. The molecular formula is C24H30N4OS. The van der Waals surface area contributed by atoms with Crippen LogP contribution in [-0.2, 0) is 16.8 Å². The van der Waals surface area contributed by atoms with E-state index in [1.54, 1.807) is 0 Å². The number of carbonyl (C=O) groups is 1. The minimum absolute atomic E-state index is 0.0453. The van der Waals surface area contributed by atoms with E-state index in [1.807, 2.05) is 38.1 Å². The molecule has 6 heteroatoms. The summed E-state index contributed by atoms with van der Waals surface area (Å²) in [6, 6.07) is 16.3. The highest BCUT2D eigenvalue weighted by atomic mass is 32.2. The summed E-state index contributed by atoms with van der Waals surface area (Å²) in [4.78, 5) is 12.7. The lowest BCUT2D eigenvalue weighted by Crippen LogP contribution is -2.23. The quantitative estimate of drug-likeness (QED) is 0.518. The fraction of sp³-hybridized carbons (Fsp3) is 0.375. The summed E-state index contributed by atoms with van der Waals surface area (Å²) in [5, 5.41) is 12.3. The molecule has 0 saturated carbocycles. The number of amides is 1. The zero-order valence-corrected chi connectivity index (χ0v) is 19.4. The number of nitrogens with one attached hydrogen (secondary N) is 1. The normalized spacial score (nSPS) is 12.6. The Bertz CT molecular complexity index is 1020. The topological polar surface area (TPSA) is 59.8 Å². The third kappa shape index (κ3) is 4.93. The van der Waals surface area contributed by atoms with Crippen LogP contribution in [-0.4, -0.2) is 25.9 Å². The summed E-state index contributed by atoms with van der Waals surface area (Å²) in [5.41, 5.74) is 4.30. The van der Waals surface area contributed by atoms with Gasteiger partial charge >= 0.3 is 0 Å². The van der Waals surface area contributed by atoms with Crippen molar-refractivity contribution in [2.75, 3.05) is 5.32 Å². The van der Waals surface area contributed by atoms with Crippen molar-refractivity contribution in [1.29, 1.82) is 0 Å². The Morgan fingerprint density at radius 3 is 2.37 bits per heavy atom. The Kier molecular flexibility index (Phi) is 6.66. The van der Waals surface area contributed by atoms with Gasteiger partial charge in [0.2, 0.25) is 5.91 Å². The van der Waals surface area contributed by atoms with E-state index in [1.165, 1.54) is 17.3 Å². The van der Waals surface area contributed by atoms with Crippen molar-refractivity contribution in [2.45, 2.75) is 63.9 Å². The summed E-state index contributed by atoms with van der Waals surface area (Å²) >= 11 is 1.43. The van der Waals surface area contributed by atoms with Gasteiger partial charge < -0.3 is 9.88 Å². The Balaban J connectivity index is 1.77. The number of hydrogen-bond acceptors (Lipinski definition) is 4. The lowest BCUT2D eigenvalue weighted by Gasteiger charge is -2.19.